The van der Waals surface area contributed by atoms with Crippen molar-refractivity contribution < 1.29 is 9.59 Å². The molecule has 1 aromatic heterocycles. The number of fused-ring (bicyclic) bond motifs is 1. The third kappa shape index (κ3) is 3.84. The minimum atomic E-state index is -0.467. The molecule has 1 fully saturated rings. The molecular weight excluding hydrogens is 440 g/mol. The van der Waals surface area contributed by atoms with Crippen LogP contribution in [0.5, 0.6) is 0 Å². The van der Waals surface area contributed by atoms with E-state index in [1.54, 1.807) is 11.3 Å². The standard InChI is InChI=1S/C26H25ClN2O2S/c27-21-13-6-1-8-17(21)16-28-25(30)23-19-11-4-5-12-20(19)26(31)29(18-9-2-3-10-18)24(23)22-14-7-15-32-22/h1,4-8,11-15,18,23-24H,2-3,9-10,16H2,(H,28,30)/t23-,24+/m1/s1. The largest absolute Gasteiger partial charge is 0.351 e. The van der Waals surface area contributed by atoms with E-state index in [0.717, 1.165) is 41.7 Å². The number of hydrogen-bond acceptors (Lipinski definition) is 3. The first-order valence-corrected chi connectivity index (χ1v) is 12.4. The lowest BCUT2D eigenvalue weighted by Crippen LogP contribution is -2.50. The van der Waals surface area contributed by atoms with Crippen molar-refractivity contribution in [2.75, 3.05) is 0 Å². The van der Waals surface area contributed by atoms with Crippen LogP contribution in [0.1, 0.15) is 64.0 Å². The summed E-state index contributed by atoms with van der Waals surface area (Å²) in [5.41, 5.74) is 2.33. The Balaban J connectivity index is 1.55. The molecule has 1 N–H and O–H groups in total. The Kier molecular flexibility index (Phi) is 6.03. The fraction of sp³-hybridized carbons (Fsp3) is 0.308. The molecule has 1 saturated carbocycles. The lowest BCUT2D eigenvalue weighted by Gasteiger charge is -2.44. The van der Waals surface area contributed by atoms with Crippen molar-refractivity contribution in [3.8, 4) is 0 Å². The number of nitrogens with zero attached hydrogens (tertiary/aromatic N) is 1. The molecule has 6 heteroatoms. The highest BCUT2D eigenvalue weighted by Crippen LogP contribution is 2.47. The molecule has 0 bridgehead atoms. The molecule has 2 amide bonds. The van der Waals surface area contributed by atoms with Crippen LogP contribution in [0.25, 0.3) is 0 Å². The van der Waals surface area contributed by atoms with Gasteiger partial charge < -0.3 is 10.2 Å². The van der Waals surface area contributed by atoms with E-state index in [1.807, 2.05) is 70.9 Å². The van der Waals surface area contributed by atoms with Crippen molar-refractivity contribution in [3.05, 3.63) is 92.6 Å². The number of thiophene rings is 1. The van der Waals surface area contributed by atoms with Crippen LogP contribution in [0, 0.1) is 0 Å². The Hall–Kier alpha value is -2.63. The smallest absolute Gasteiger partial charge is 0.254 e. The van der Waals surface area contributed by atoms with Gasteiger partial charge in [0.05, 0.1) is 12.0 Å². The topological polar surface area (TPSA) is 49.4 Å². The number of rotatable bonds is 5. The van der Waals surface area contributed by atoms with E-state index in [2.05, 4.69) is 5.32 Å². The molecule has 3 aromatic rings. The van der Waals surface area contributed by atoms with Crippen LogP contribution < -0.4 is 5.32 Å². The monoisotopic (exact) mass is 464 g/mol. The zero-order valence-corrected chi connectivity index (χ0v) is 19.2. The molecule has 1 aliphatic heterocycles. The normalized spacial score (nSPS) is 20.9. The second-order valence-electron chi connectivity index (χ2n) is 8.49. The van der Waals surface area contributed by atoms with Gasteiger partial charge in [-0.05, 0) is 47.5 Å². The van der Waals surface area contributed by atoms with Gasteiger partial charge in [0, 0.05) is 28.0 Å². The van der Waals surface area contributed by atoms with Crippen LogP contribution in [0.15, 0.2) is 66.0 Å². The summed E-state index contributed by atoms with van der Waals surface area (Å²) in [4.78, 5) is 30.5. The maximum atomic E-state index is 13.7. The van der Waals surface area contributed by atoms with E-state index < -0.39 is 5.92 Å². The maximum Gasteiger partial charge on any atom is 0.254 e. The van der Waals surface area contributed by atoms with Crippen molar-refractivity contribution in [3.63, 3.8) is 0 Å². The van der Waals surface area contributed by atoms with Gasteiger partial charge in [-0.1, -0.05) is 66.9 Å². The van der Waals surface area contributed by atoms with Gasteiger partial charge in [0.25, 0.3) is 5.91 Å². The average Bonchev–Trinajstić information content (AvgIpc) is 3.53. The van der Waals surface area contributed by atoms with Gasteiger partial charge in [0.2, 0.25) is 5.91 Å². The molecule has 0 unspecified atom stereocenters. The fourth-order valence-corrected chi connectivity index (χ4v) is 6.18. The van der Waals surface area contributed by atoms with Crippen LogP contribution in [0.3, 0.4) is 0 Å². The molecule has 2 aromatic carbocycles. The second kappa shape index (κ2) is 9.08. The molecule has 1 aliphatic carbocycles. The fourth-order valence-electron chi connectivity index (χ4n) is 5.11. The highest BCUT2D eigenvalue weighted by Gasteiger charge is 2.47. The molecule has 4 nitrogen and oxygen atoms in total. The van der Waals surface area contributed by atoms with Crippen molar-refractivity contribution in [1.82, 2.24) is 10.2 Å². The van der Waals surface area contributed by atoms with Crippen LogP contribution in [-0.2, 0) is 11.3 Å². The average molecular weight is 465 g/mol. The highest BCUT2D eigenvalue weighted by molar-refractivity contribution is 7.10. The first kappa shape index (κ1) is 21.2. The first-order chi connectivity index (χ1) is 15.6. The Morgan fingerprint density at radius 3 is 2.53 bits per heavy atom. The molecule has 32 heavy (non-hydrogen) atoms. The van der Waals surface area contributed by atoms with Gasteiger partial charge in [0.1, 0.15) is 0 Å². The van der Waals surface area contributed by atoms with Crippen molar-refractivity contribution in [2.45, 2.75) is 50.2 Å². The van der Waals surface area contributed by atoms with Gasteiger partial charge in [-0.3, -0.25) is 9.59 Å². The summed E-state index contributed by atoms with van der Waals surface area (Å²) in [5, 5.41) is 5.76. The molecule has 0 spiro atoms. The van der Waals surface area contributed by atoms with Crippen LogP contribution in [0.4, 0.5) is 0 Å². The molecule has 0 saturated heterocycles. The zero-order valence-electron chi connectivity index (χ0n) is 17.7. The summed E-state index contributed by atoms with van der Waals surface area (Å²) in [5.74, 6) is -0.502. The second-order valence-corrected chi connectivity index (χ2v) is 9.87. The Morgan fingerprint density at radius 1 is 1.03 bits per heavy atom. The number of carbonyl (C=O) groups is 2. The lowest BCUT2D eigenvalue weighted by atomic mass is 9.80. The molecule has 2 heterocycles. The van der Waals surface area contributed by atoms with E-state index in [1.165, 1.54) is 0 Å². The Morgan fingerprint density at radius 2 is 1.78 bits per heavy atom. The van der Waals surface area contributed by atoms with E-state index in [0.29, 0.717) is 17.1 Å². The molecule has 2 atom stereocenters. The first-order valence-electron chi connectivity index (χ1n) is 11.1. The molecule has 0 radical (unpaired) electrons. The van der Waals surface area contributed by atoms with Gasteiger partial charge in [-0.25, -0.2) is 0 Å². The number of hydrogen-bond donors (Lipinski definition) is 1. The highest BCUT2D eigenvalue weighted by atomic mass is 35.5. The summed E-state index contributed by atoms with van der Waals surface area (Å²) in [6.45, 7) is 0.353. The number of nitrogens with one attached hydrogen (secondary N) is 1. The predicted molar refractivity (Wildman–Crippen MR) is 128 cm³/mol. The summed E-state index contributed by atoms with van der Waals surface area (Å²) in [6.07, 6.45) is 4.22. The van der Waals surface area contributed by atoms with Gasteiger partial charge in [-0.15, -0.1) is 11.3 Å². The number of amides is 2. The minimum absolute atomic E-state index is 0.0426. The van der Waals surface area contributed by atoms with Gasteiger partial charge in [0.15, 0.2) is 0 Å². The van der Waals surface area contributed by atoms with E-state index >= 15 is 0 Å². The minimum Gasteiger partial charge on any atom is -0.351 e. The van der Waals surface area contributed by atoms with Crippen molar-refractivity contribution in [2.24, 2.45) is 0 Å². The Bertz CT molecular complexity index is 1120. The van der Waals surface area contributed by atoms with E-state index in [9.17, 15) is 9.59 Å². The number of benzene rings is 2. The Labute approximate surface area is 197 Å². The number of carbonyl (C=O) groups excluding carboxylic acids is 2. The van der Waals surface area contributed by atoms with E-state index in [4.69, 9.17) is 11.6 Å². The molecule has 2 aliphatic rings. The van der Waals surface area contributed by atoms with Gasteiger partial charge in [-0.2, -0.15) is 0 Å². The van der Waals surface area contributed by atoms with Gasteiger partial charge >= 0.3 is 0 Å². The summed E-state index contributed by atoms with van der Waals surface area (Å²) >= 11 is 7.92. The summed E-state index contributed by atoms with van der Waals surface area (Å²) < 4.78 is 0. The lowest BCUT2D eigenvalue weighted by molar-refractivity contribution is -0.124. The predicted octanol–water partition coefficient (Wildman–Crippen LogP) is 5.94. The van der Waals surface area contributed by atoms with E-state index in [-0.39, 0.29) is 23.9 Å². The zero-order chi connectivity index (χ0) is 22.1. The quantitative estimate of drug-likeness (QED) is 0.507. The van der Waals surface area contributed by atoms with Crippen molar-refractivity contribution in [1.29, 1.82) is 0 Å². The SMILES string of the molecule is O=C(NCc1ccccc1Cl)[C@@H]1c2ccccc2C(=O)N(C2CCCC2)[C@H]1c1cccs1. The summed E-state index contributed by atoms with van der Waals surface area (Å²) in [7, 11) is 0. The van der Waals surface area contributed by atoms with Crippen LogP contribution in [0.2, 0.25) is 5.02 Å². The van der Waals surface area contributed by atoms with Crippen LogP contribution >= 0.6 is 22.9 Å². The third-order valence-electron chi connectivity index (χ3n) is 6.62. The molecular formula is C26H25ClN2O2S. The third-order valence-corrected chi connectivity index (χ3v) is 7.93. The molecule has 5 rings (SSSR count). The molecule has 164 valence electrons. The summed E-state index contributed by atoms with van der Waals surface area (Å²) in [6, 6.07) is 19.0. The number of halogens is 1. The van der Waals surface area contributed by atoms with Crippen LogP contribution in [-0.4, -0.2) is 22.8 Å². The van der Waals surface area contributed by atoms with Crippen molar-refractivity contribution >= 4 is 34.8 Å². The maximum absolute atomic E-state index is 13.7.